The van der Waals surface area contributed by atoms with Crippen LogP contribution in [0.15, 0.2) is 23.1 Å². The van der Waals surface area contributed by atoms with Crippen molar-refractivity contribution >= 4 is 19.9 Å². The van der Waals surface area contributed by atoms with Crippen molar-refractivity contribution in [2.24, 2.45) is 0 Å². The highest BCUT2D eigenvalue weighted by molar-refractivity contribution is 7.91. The molecule has 0 saturated carbocycles. The highest BCUT2D eigenvalue weighted by Gasteiger charge is 2.36. The second kappa shape index (κ2) is 5.13. The Kier molecular flexibility index (Phi) is 3.96. The summed E-state index contributed by atoms with van der Waals surface area (Å²) in [7, 11) is -6.80. The first kappa shape index (κ1) is 15.5. The molecule has 1 aliphatic heterocycles. The SMILES string of the molecule is Cc1ccc(S(=O)(=O)N2CCC(S(C)(=O)=O)C2)cc1C. The lowest BCUT2D eigenvalue weighted by molar-refractivity contribution is 0.476. The van der Waals surface area contributed by atoms with Gasteiger partial charge in [0.15, 0.2) is 9.84 Å². The van der Waals surface area contributed by atoms with E-state index in [2.05, 4.69) is 0 Å². The van der Waals surface area contributed by atoms with Gasteiger partial charge in [-0.25, -0.2) is 16.8 Å². The Balaban J connectivity index is 2.30. The fourth-order valence-corrected chi connectivity index (χ4v) is 4.95. The third kappa shape index (κ3) is 2.89. The van der Waals surface area contributed by atoms with Gasteiger partial charge in [0.05, 0.1) is 10.1 Å². The van der Waals surface area contributed by atoms with E-state index in [0.29, 0.717) is 6.42 Å². The number of nitrogens with zero attached hydrogens (tertiary/aromatic N) is 1. The predicted molar refractivity (Wildman–Crippen MR) is 77.9 cm³/mol. The molecule has 1 unspecified atom stereocenters. The van der Waals surface area contributed by atoms with E-state index in [1.807, 2.05) is 13.8 Å². The van der Waals surface area contributed by atoms with Crippen molar-refractivity contribution in [3.05, 3.63) is 29.3 Å². The van der Waals surface area contributed by atoms with Gasteiger partial charge in [-0.2, -0.15) is 4.31 Å². The van der Waals surface area contributed by atoms with E-state index in [9.17, 15) is 16.8 Å². The lowest BCUT2D eigenvalue weighted by Crippen LogP contribution is -2.31. The molecule has 1 fully saturated rings. The molecular formula is C13H19NO4S2. The summed E-state index contributed by atoms with van der Waals surface area (Å²) in [6.45, 7) is 4.08. The van der Waals surface area contributed by atoms with Gasteiger partial charge in [-0.1, -0.05) is 6.07 Å². The number of hydrogen-bond acceptors (Lipinski definition) is 4. The number of sulfone groups is 1. The normalized spacial score (nSPS) is 21.2. The molecule has 5 nitrogen and oxygen atoms in total. The van der Waals surface area contributed by atoms with Crippen LogP contribution in [0, 0.1) is 13.8 Å². The largest absolute Gasteiger partial charge is 0.243 e. The van der Waals surface area contributed by atoms with Crippen molar-refractivity contribution < 1.29 is 16.8 Å². The average Bonchev–Trinajstić information content (AvgIpc) is 2.82. The first-order valence-electron chi connectivity index (χ1n) is 6.38. The van der Waals surface area contributed by atoms with Crippen LogP contribution in [0.5, 0.6) is 0 Å². The molecule has 0 bridgehead atoms. The third-order valence-electron chi connectivity index (χ3n) is 3.83. The van der Waals surface area contributed by atoms with Gasteiger partial charge in [0, 0.05) is 19.3 Å². The predicted octanol–water partition coefficient (Wildman–Crippen LogP) is 1.11. The Morgan fingerprint density at radius 2 is 1.75 bits per heavy atom. The summed E-state index contributed by atoms with van der Waals surface area (Å²) in [5.74, 6) is 0. The molecule has 0 aromatic heterocycles. The Bertz CT molecular complexity index is 723. The summed E-state index contributed by atoms with van der Waals surface area (Å²) >= 11 is 0. The number of aryl methyl sites for hydroxylation is 2. The topological polar surface area (TPSA) is 71.5 Å². The highest BCUT2D eigenvalue weighted by atomic mass is 32.2. The molecule has 1 aliphatic rings. The molecule has 112 valence electrons. The van der Waals surface area contributed by atoms with Crippen molar-refractivity contribution in [1.29, 1.82) is 0 Å². The van der Waals surface area contributed by atoms with E-state index in [0.717, 1.165) is 17.4 Å². The van der Waals surface area contributed by atoms with Crippen LogP contribution in [-0.2, 0) is 19.9 Å². The summed E-state index contributed by atoms with van der Waals surface area (Å²) in [5, 5.41) is -0.594. The van der Waals surface area contributed by atoms with Gasteiger partial charge >= 0.3 is 0 Å². The van der Waals surface area contributed by atoms with Gasteiger partial charge in [0.25, 0.3) is 0 Å². The minimum Gasteiger partial charge on any atom is -0.229 e. The molecule has 7 heteroatoms. The van der Waals surface area contributed by atoms with Crippen LogP contribution < -0.4 is 0 Å². The number of sulfonamides is 1. The molecule has 1 saturated heterocycles. The van der Waals surface area contributed by atoms with Crippen LogP contribution in [0.1, 0.15) is 17.5 Å². The smallest absolute Gasteiger partial charge is 0.229 e. The number of hydrogen-bond donors (Lipinski definition) is 0. The van der Waals surface area contributed by atoms with Crippen molar-refractivity contribution in [1.82, 2.24) is 4.31 Å². The second-order valence-corrected chi connectivity index (χ2v) is 9.61. The molecule has 0 N–H and O–H groups in total. The van der Waals surface area contributed by atoms with Gasteiger partial charge in [0.1, 0.15) is 0 Å². The van der Waals surface area contributed by atoms with E-state index in [4.69, 9.17) is 0 Å². The maximum atomic E-state index is 12.5. The summed E-state index contributed by atoms with van der Waals surface area (Å²) in [4.78, 5) is 0.231. The minimum absolute atomic E-state index is 0.0497. The van der Waals surface area contributed by atoms with Crippen molar-refractivity contribution in [3.8, 4) is 0 Å². The summed E-state index contributed by atoms with van der Waals surface area (Å²) in [6.07, 6.45) is 1.52. The van der Waals surface area contributed by atoms with E-state index in [1.54, 1.807) is 18.2 Å². The van der Waals surface area contributed by atoms with Crippen molar-refractivity contribution in [3.63, 3.8) is 0 Å². The van der Waals surface area contributed by atoms with E-state index < -0.39 is 25.1 Å². The molecule has 0 amide bonds. The lowest BCUT2D eigenvalue weighted by Gasteiger charge is -2.17. The highest BCUT2D eigenvalue weighted by Crippen LogP contribution is 2.25. The summed E-state index contributed by atoms with van der Waals surface area (Å²) < 4.78 is 49.3. The van der Waals surface area contributed by atoms with Gasteiger partial charge in [-0.05, 0) is 43.5 Å². The third-order valence-corrected chi connectivity index (χ3v) is 7.29. The van der Waals surface area contributed by atoms with Crippen molar-refractivity contribution in [2.75, 3.05) is 19.3 Å². The fraction of sp³-hybridized carbons (Fsp3) is 0.538. The minimum atomic E-state index is -3.60. The van der Waals surface area contributed by atoms with Crippen LogP contribution in [0.25, 0.3) is 0 Å². The van der Waals surface area contributed by atoms with Gasteiger partial charge in [0.2, 0.25) is 10.0 Å². The molecule has 1 heterocycles. The first-order valence-corrected chi connectivity index (χ1v) is 9.78. The van der Waals surface area contributed by atoms with Gasteiger partial charge < -0.3 is 0 Å². The molecule has 0 radical (unpaired) electrons. The zero-order chi connectivity index (χ0) is 15.1. The van der Waals surface area contributed by atoms with Gasteiger partial charge in [-0.3, -0.25) is 0 Å². The molecule has 0 spiro atoms. The maximum Gasteiger partial charge on any atom is 0.243 e. The van der Waals surface area contributed by atoms with Crippen LogP contribution >= 0.6 is 0 Å². The summed E-state index contributed by atoms with van der Waals surface area (Å²) in [6, 6.07) is 4.98. The Labute approximate surface area is 120 Å². The van der Waals surface area contributed by atoms with E-state index >= 15 is 0 Å². The number of rotatable bonds is 3. The van der Waals surface area contributed by atoms with E-state index in [-0.39, 0.29) is 18.0 Å². The Hall–Kier alpha value is -0.920. The molecule has 0 aliphatic carbocycles. The maximum absolute atomic E-state index is 12.5. The Morgan fingerprint density at radius 3 is 2.25 bits per heavy atom. The zero-order valence-electron chi connectivity index (χ0n) is 11.8. The van der Waals surface area contributed by atoms with E-state index in [1.165, 1.54) is 4.31 Å². The molecular weight excluding hydrogens is 298 g/mol. The molecule has 1 aromatic rings. The monoisotopic (exact) mass is 317 g/mol. The molecule has 1 atom stereocenters. The fourth-order valence-electron chi connectivity index (χ4n) is 2.29. The average molecular weight is 317 g/mol. The zero-order valence-corrected chi connectivity index (χ0v) is 13.5. The standard InChI is InChI=1S/C13H19NO4S2/c1-10-4-5-12(8-11(10)2)20(17,18)14-7-6-13(9-14)19(3,15)16/h4-5,8,13H,6-7,9H2,1-3H3. The quantitative estimate of drug-likeness (QED) is 0.837. The number of benzene rings is 1. The first-order chi connectivity index (χ1) is 9.12. The van der Waals surface area contributed by atoms with Crippen LogP contribution in [0.3, 0.4) is 0 Å². The second-order valence-electron chi connectivity index (χ2n) is 5.35. The molecule has 1 aromatic carbocycles. The molecule has 2 rings (SSSR count). The van der Waals surface area contributed by atoms with Crippen molar-refractivity contribution in [2.45, 2.75) is 30.4 Å². The summed E-state index contributed by atoms with van der Waals surface area (Å²) in [5.41, 5.74) is 1.93. The lowest BCUT2D eigenvalue weighted by atomic mass is 10.1. The van der Waals surface area contributed by atoms with Crippen LogP contribution in [0.4, 0.5) is 0 Å². The van der Waals surface area contributed by atoms with Gasteiger partial charge in [-0.15, -0.1) is 0 Å². The van der Waals surface area contributed by atoms with Crippen LogP contribution in [-0.4, -0.2) is 45.7 Å². The Morgan fingerprint density at radius 1 is 1.10 bits per heavy atom. The van der Waals surface area contributed by atoms with Crippen LogP contribution in [0.2, 0.25) is 0 Å². The molecule has 20 heavy (non-hydrogen) atoms.